The van der Waals surface area contributed by atoms with Crippen LogP contribution in [0.25, 0.3) is 0 Å². The van der Waals surface area contributed by atoms with Crippen LogP contribution in [-0.2, 0) is 4.74 Å². The highest BCUT2D eigenvalue weighted by molar-refractivity contribution is 4.83. The van der Waals surface area contributed by atoms with Crippen LogP contribution in [-0.4, -0.2) is 26.3 Å². The predicted octanol–water partition coefficient (Wildman–Crippen LogP) is 3.22. The van der Waals surface area contributed by atoms with Gasteiger partial charge in [0.05, 0.1) is 0 Å². The molecule has 2 heteroatoms. The van der Waals surface area contributed by atoms with Crippen molar-refractivity contribution >= 4 is 0 Å². The van der Waals surface area contributed by atoms with E-state index in [0.717, 1.165) is 25.0 Å². The highest BCUT2D eigenvalue weighted by atomic mass is 16.5. The Morgan fingerprint density at radius 3 is 2.44 bits per heavy atom. The summed E-state index contributed by atoms with van der Waals surface area (Å²) in [7, 11) is 2.13. The summed E-state index contributed by atoms with van der Waals surface area (Å²) in [5, 5.41) is 3.58. The highest BCUT2D eigenvalue weighted by Gasteiger charge is 2.28. The van der Waals surface area contributed by atoms with Crippen molar-refractivity contribution in [3.05, 3.63) is 0 Å². The van der Waals surface area contributed by atoms with Gasteiger partial charge < -0.3 is 10.1 Å². The van der Waals surface area contributed by atoms with Crippen molar-refractivity contribution in [3.63, 3.8) is 0 Å². The van der Waals surface area contributed by atoms with Gasteiger partial charge in [-0.1, -0.05) is 33.1 Å². The molecule has 0 aromatic carbocycles. The topological polar surface area (TPSA) is 21.3 Å². The number of ether oxygens (including phenoxy) is 1. The third-order valence-corrected chi connectivity index (χ3v) is 4.07. The largest absolute Gasteiger partial charge is 0.381 e. The minimum Gasteiger partial charge on any atom is -0.381 e. The van der Waals surface area contributed by atoms with Gasteiger partial charge in [0.1, 0.15) is 0 Å². The van der Waals surface area contributed by atoms with E-state index in [4.69, 9.17) is 4.74 Å². The summed E-state index contributed by atoms with van der Waals surface area (Å²) in [5.41, 5.74) is 0. The molecule has 1 saturated heterocycles. The molecule has 0 spiro atoms. The van der Waals surface area contributed by atoms with Gasteiger partial charge in [-0.3, -0.25) is 0 Å². The summed E-state index contributed by atoms with van der Waals surface area (Å²) in [6.07, 6.45) is 7.88. The molecule has 0 amide bonds. The Morgan fingerprint density at radius 1 is 1.25 bits per heavy atom. The molecule has 1 rings (SSSR count). The average molecular weight is 227 g/mol. The van der Waals surface area contributed by atoms with Crippen molar-refractivity contribution in [1.29, 1.82) is 0 Å². The first-order valence-electron chi connectivity index (χ1n) is 7.08. The summed E-state index contributed by atoms with van der Waals surface area (Å²) < 4.78 is 5.46. The van der Waals surface area contributed by atoms with E-state index >= 15 is 0 Å². The minimum absolute atomic E-state index is 0.709. The van der Waals surface area contributed by atoms with Crippen LogP contribution in [0.3, 0.4) is 0 Å². The average Bonchev–Trinajstić information content (AvgIpc) is 2.35. The molecule has 2 nitrogen and oxygen atoms in total. The van der Waals surface area contributed by atoms with Crippen LogP contribution < -0.4 is 5.32 Å². The van der Waals surface area contributed by atoms with E-state index in [1.54, 1.807) is 0 Å². The number of unbranched alkanes of at least 4 members (excludes halogenated alkanes) is 1. The van der Waals surface area contributed by atoms with Crippen LogP contribution in [0.2, 0.25) is 0 Å². The Hall–Kier alpha value is -0.0800. The first kappa shape index (κ1) is 14.0. The molecule has 2 atom stereocenters. The zero-order valence-corrected chi connectivity index (χ0v) is 11.3. The fourth-order valence-electron chi connectivity index (χ4n) is 3.04. The summed E-state index contributed by atoms with van der Waals surface area (Å²) in [6, 6.07) is 0.709. The van der Waals surface area contributed by atoms with Crippen LogP contribution in [0.1, 0.15) is 52.4 Å². The Balaban J connectivity index is 2.47. The van der Waals surface area contributed by atoms with Crippen LogP contribution in [0.5, 0.6) is 0 Å². The van der Waals surface area contributed by atoms with E-state index < -0.39 is 0 Å². The van der Waals surface area contributed by atoms with Crippen molar-refractivity contribution in [2.75, 3.05) is 20.3 Å². The summed E-state index contributed by atoms with van der Waals surface area (Å²) in [6.45, 7) is 6.56. The molecule has 16 heavy (non-hydrogen) atoms. The molecule has 0 aromatic rings. The monoisotopic (exact) mass is 227 g/mol. The molecule has 1 N–H and O–H groups in total. The normalized spacial score (nSPS) is 21.9. The summed E-state index contributed by atoms with van der Waals surface area (Å²) >= 11 is 0. The molecule has 1 fully saturated rings. The lowest BCUT2D eigenvalue weighted by molar-refractivity contribution is 0.0443. The molecule has 1 aliphatic rings. The van der Waals surface area contributed by atoms with Crippen molar-refractivity contribution < 1.29 is 4.74 Å². The molecule has 0 aliphatic carbocycles. The van der Waals surface area contributed by atoms with Crippen molar-refractivity contribution in [3.8, 4) is 0 Å². The first-order valence-corrected chi connectivity index (χ1v) is 7.08. The quantitative estimate of drug-likeness (QED) is 0.721. The van der Waals surface area contributed by atoms with Gasteiger partial charge in [-0.25, -0.2) is 0 Å². The maximum absolute atomic E-state index is 5.46. The number of rotatable bonds is 7. The molecule has 2 unspecified atom stereocenters. The van der Waals surface area contributed by atoms with Crippen molar-refractivity contribution in [2.45, 2.75) is 58.4 Å². The predicted molar refractivity (Wildman–Crippen MR) is 69.7 cm³/mol. The lowest BCUT2D eigenvalue weighted by Gasteiger charge is -2.35. The maximum atomic E-state index is 5.46. The number of hydrogen-bond donors (Lipinski definition) is 1. The molecule has 0 bridgehead atoms. The summed E-state index contributed by atoms with van der Waals surface area (Å²) in [5.74, 6) is 1.69. The fraction of sp³-hybridized carbons (Fsp3) is 1.00. The molecule has 0 saturated carbocycles. The van der Waals surface area contributed by atoms with Crippen molar-refractivity contribution in [1.82, 2.24) is 5.32 Å². The van der Waals surface area contributed by atoms with Gasteiger partial charge in [-0.2, -0.15) is 0 Å². The van der Waals surface area contributed by atoms with Gasteiger partial charge in [0, 0.05) is 19.3 Å². The van der Waals surface area contributed by atoms with Crippen LogP contribution in [0.4, 0.5) is 0 Å². The second-order valence-corrected chi connectivity index (χ2v) is 5.07. The molecule has 1 aliphatic heterocycles. The molecule has 96 valence electrons. The van der Waals surface area contributed by atoms with E-state index in [0.29, 0.717) is 6.04 Å². The minimum atomic E-state index is 0.709. The van der Waals surface area contributed by atoms with Crippen LogP contribution >= 0.6 is 0 Å². The summed E-state index contributed by atoms with van der Waals surface area (Å²) in [4.78, 5) is 0. The lowest BCUT2D eigenvalue weighted by Crippen LogP contribution is -2.42. The SMILES string of the molecule is CCCCC(CC)C(NC)C1CCOCC1. The molecular formula is C14H29NO. The molecule has 1 heterocycles. The Bertz CT molecular complexity index is 166. The third kappa shape index (κ3) is 4.06. The van der Waals surface area contributed by atoms with Gasteiger partial charge in [0.25, 0.3) is 0 Å². The van der Waals surface area contributed by atoms with Gasteiger partial charge in [0.15, 0.2) is 0 Å². The van der Waals surface area contributed by atoms with Gasteiger partial charge in [0.2, 0.25) is 0 Å². The van der Waals surface area contributed by atoms with Gasteiger partial charge in [-0.15, -0.1) is 0 Å². The number of nitrogens with one attached hydrogen (secondary N) is 1. The van der Waals surface area contributed by atoms with Crippen LogP contribution in [0.15, 0.2) is 0 Å². The smallest absolute Gasteiger partial charge is 0.0469 e. The van der Waals surface area contributed by atoms with E-state index in [-0.39, 0.29) is 0 Å². The van der Waals surface area contributed by atoms with Crippen LogP contribution in [0, 0.1) is 11.8 Å². The Labute approximate surface area is 101 Å². The van der Waals surface area contributed by atoms with Crippen molar-refractivity contribution in [2.24, 2.45) is 11.8 Å². The third-order valence-electron chi connectivity index (χ3n) is 4.07. The zero-order valence-electron chi connectivity index (χ0n) is 11.3. The van der Waals surface area contributed by atoms with Gasteiger partial charge in [-0.05, 0) is 38.1 Å². The van der Waals surface area contributed by atoms with E-state index in [2.05, 4.69) is 26.2 Å². The second kappa shape index (κ2) is 8.08. The van der Waals surface area contributed by atoms with E-state index in [1.165, 1.54) is 38.5 Å². The Morgan fingerprint density at radius 2 is 1.94 bits per heavy atom. The van der Waals surface area contributed by atoms with E-state index in [1.807, 2.05) is 0 Å². The second-order valence-electron chi connectivity index (χ2n) is 5.07. The molecular weight excluding hydrogens is 198 g/mol. The molecule has 0 radical (unpaired) electrons. The zero-order chi connectivity index (χ0) is 11.8. The fourth-order valence-corrected chi connectivity index (χ4v) is 3.04. The highest BCUT2D eigenvalue weighted by Crippen LogP contribution is 2.28. The lowest BCUT2D eigenvalue weighted by atomic mass is 9.80. The van der Waals surface area contributed by atoms with Gasteiger partial charge >= 0.3 is 0 Å². The number of hydrogen-bond acceptors (Lipinski definition) is 2. The molecule has 0 aromatic heterocycles. The Kier molecular flexibility index (Phi) is 7.06. The standard InChI is InChI=1S/C14H29NO/c1-4-6-7-12(5-2)14(15-3)13-8-10-16-11-9-13/h12-15H,4-11H2,1-3H3. The first-order chi connectivity index (χ1) is 7.83. The maximum Gasteiger partial charge on any atom is 0.0469 e. The van der Waals surface area contributed by atoms with E-state index in [9.17, 15) is 0 Å².